The van der Waals surface area contributed by atoms with Crippen molar-refractivity contribution < 1.29 is 23.5 Å². The number of nitrogens with zero attached hydrogens (tertiary/aromatic N) is 1. The van der Waals surface area contributed by atoms with Crippen LogP contribution in [0.3, 0.4) is 0 Å². The highest BCUT2D eigenvalue weighted by molar-refractivity contribution is 5.40. The SMILES string of the molecule is O=[N+]([O-])c1ccc(Oc2cc(F)cc(CO)c2)cc1F. The van der Waals surface area contributed by atoms with Crippen LogP contribution >= 0.6 is 0 Å². The van der Waals surface area contributed by atoms with Gasteiger partial charge in [-0.25, -0.2) is 4.39 Å². The van der Waals surface area contributed by atoms with Crippen molar-refractivity contribution in [1.82, 2.24) is 0 Å². The number of rotatable bonds is 4. The van der Waals surface area contributed by atoms with Crippen molar-refractivity contribution in [2.75, 3.05) is 0 Å². The predicted molar refractivity (Wildman–Crippen MR) is 65.5 cm³/mol. The fraction of sp³-hybridized carbons (Fsp3) is 0.0769. The summed E-state index contributed by atoms with van der Waals surface area (Å²) in [5.41, 5.74) is -0.380. The minimum atomic E-state index is -1.05. The second kappa shape index (κ2) is 5.62. The summed E-state index contributed by atoms with van der Waals surface area (Å²) in [6, 6.07) is 6.55. The quantitative estimate of drug-likeness (QED) is 0.690. The molecule has 0 atom stereocenters. The molecule has 0 aromatic heterocycles. The summed E-state index contributed by atoms with van der Waals surface area (Å²) in [5, 5.41) is 19.4. The van der Waals surface area contributed by atoms with Gasteiger partial charge in [-0.15, -0.1) is 0 Å². The minimum absolute atomic E-state index is 0.0115. The Morgan fingerprint density at radius 2 is 1.90 bits per heavy atom. The molecule has 0 aliphatic heterocycles. The van der Waals surface area contributed by atoms with Crippen molar-refractivity contribution >= 4 is 5.69 Å². The van der Waals surface area contributed by atoms with Gasteiger partial charge in [0.2, 0.25) is 5.82 Å². The average molecular weight is 281 g/mol. The first-order valence-electron chi connectivity index (χ1n) is 5.51. The summed E-state index contributed by atoms with van der Waals surface area (Å²) in [4.78, 5) is 9.61. The molecule has 0 aliphatic rings. The zero-order chi connectivity index (χ0) is 14.7. The van der Waals surface area contributed by atoms with Gasteiger partial charge in [-0.2, -0.15) is 4.39 Å². The third-order valence-corrected chi connectivity index (χ3v) is 2.47. The molecular weight excluding hydrogens is 272 g/mol. The summed E-state index contributed by atoms with van der Waals surface area (Å²) in [7, 11) is 0. The molecule has 0 spiro atoms. The number of ether oxygens (including phenoxy) is 1. The van der Waals surface area contributed by atoms with Crippen molar-refractivity contribution in [3.63, 3.8) is 0 Å². The van der Waals surface area contributed by atoms with Crippen LogP contribution in [-0.2, 0) is 6.61 Å². The molecule has 0 saturated heterocycles. The van der Waals surface area contributed by atoms with Gasteiger partial charge >= 0.3 is 5.69 Å². The molecule has 0 aliphatic carbocycles. The van der Waals surface area contributed by atoms with Crippen LogP contribution in [0.25, 0.3) is 0 Å². The van der Waals surface area contributed by atoms with E-state index < -0.39 is 22.2 Å². The van der Waals surface area contributed by atoms with Crippen molar-refractivity contribution in [3.8, 4) is 11.5 Å². The third kappa shape index (κ3) is 3.07. The molecule has 7 heteroatoms. The van der Waals surface area contributed by atoms with Gasteiger partial charge in [0.15, 0.2) is 0 Å². The lowest BCUT2D eigenvalue weighted by Crippen LogP contribution is -1.94. The van der Waals surface area contributed by atoms with E-state index in [2.05, 4.69) is 0 Å². The van der Waals surface area contributed by atoms with Crippen LogP contribution in [0, 0.1) is 21.7 Å². The van der Waals surface area contributed by atoms with E-state index in [-0.39, 0.29) is 18.1 Å². The Hall–Kier alpha value is -2.54. The van der Waals surface area contributed by atoms with E-state index in [9.17, 15) is 18.9 Å². The van der Waals surface area contributed by atoms with Gasteiger partial charge < -0.3 is 9.84 Å². The Morgan fingerprint density at radius 1 is 1.15 bits per heavy atom. The number of hydrogen-bond acceptors (Lipinski definition) is 4. The number of aliphatic hydroxyl groups is 1. The van der Waals surface area contributed by atoms with Gasteiger partial charge in [0, 0.05) is 18.2 Å². The molecule has 0 radical (unpaired) electrons. The van der Waals surface area contributed by atoms with Gasteiger partial charge in [-0.3, -0.25) is 10.1 Å². The van der Waals surface area contributed by atoms with Gasteiger partial charge in [0.25, 0.3) is 0 Å². The molecule has 5 nitrogen and oxygen atoms in total. The molecule has 2 aromatic rings. The van der Waals surface area contributed by atoms with E-state index in [0.717, 1.165) is 24.3 Å². The van der Waals surface area contributed by atoms with Crippen LogP contribution < -0.4 is 4.74 Å². The molecule has 0 unspecified atom stereocenters. The van der Waals surface area contributed by atoms with Crippen LogP contribution in [0.4, 0.5) is 14.5 Å². The van der Waals surface area contributed by atoms with Gasteiger partial charge in [0.1, 0.15) is 17.3 Å². The molecule has 0 saturated carbocycles. The van der Waals surface area contributed by atoms with E-state index in [4.69, 9.17) is 9.84 Å². The highest BCUT2D eigenvalue weighted by Crippen LogP contribution is 2.27. The van der Waals surface area contributed by atoms with Gasteiger partial charge in [0.05, 0.1) is 11.5 Å². The Bertz CT molecular complexity index is 661. The first-order chi connectivity index (χ1) is 9.49. The van der Waals surface area contributed by atoms with Gasteiger partial charge in [-0.05, 0) is 23.8 Å². The van der Waals surface area contributed by atoms with Crippen LogP contribution in [0.1, 0.15) is 5.56 Å². The van der Waals surface area contributed by atoms with Crippen molar-refractivity contribution in [2.24, 2.45) is 0 Å². The van der Waals surface area contributed by atoms with E-state index in [1.165, 1.54) is 12.1 Å². The Morgan fingerprint density at radius 3 is 2.50 bits per heavy atom. The summed E-state index contributed by atoms with van der Waals surface area (Å²) < 4.78 is 31.8. The largest absolute Gasteiger partial charge is 0.457 e. The van der Waals surface area contributed by atoms with E-state index >= 15 is 0 Å². The smallest absolute Gasteiger partial charge is 0.305 e. The summed E-state index contributed by atoms with van der Waals surface area (Å²) in [6.45, 7) is -0.372. The fourth-order valence-electron chi connectivity index (χ4n) is 1.61. The Labute approximate surface area is 112 Å². The van der Waals surface area contributed by atoms with Gasteiger partial charge in [-0.1, -0.05) is 0 Å². The highest BCUT2D eigenvalue weighted by atomic mass is 19.1. The Kier molecular flexibility index (Phi) is 3.90. The topological polar surface area (TPSA) is 72.6 Å². The molecule has 2 aromatic carbocycles. The number of benzene rings is 2. The van der Waals surface area contributed by atoms with Crippen LogP contribution in [0.5, 0.6) is 11.5 Å². The van der Waals surface area contributed by atoms with E-state index in [1.54, 1.807) is 0 Å². The van der Waals surface area contributed by atoms with Crippen molar-refractivity contribution in [1.29, 1.82) is 0 Å². The van der Waals surface area contributed by atoms with Crippen molar-refractivity contribution in [3.05, 3.63) is 63.7 Å². The molecule has 0 heterocycles. The zero-order valence-corrected chi connectivity index (χ0v) is 10.0. The molecule has 20 heavy (non-hydrogen) atoms. The molecule has 104 valence electrons. The maximum absolute atomic E-state index is 13.4. The number of nitro groups is 1. The predicted octanol–water partition coefficient (Wildman–Crippen LogP) is 3.16. The maximum Gasteiger partial charge on any atom is 0.305 e. The lowest BCUT2D eigenvalue weighted by molar-refractivity contribution is -0.387. The Balaban J connectivity index is 2.28. The highest BCUT2D eigenvalue weighted by Gasteiger charge is 2.14. The number of nitro benzene ring substituents is 1. The second-order valence-corrected chi connectivity index (χ2v) is 3.93. The molecule has 1 N–H and O–H groups in total. The molecule has 0 amide bonds. The summed E-state index contributed by atoms with van der Waals surface area (Å²) in [5.74, 6) is -1.62. The molecule has 2 rings (SSSR count). The first-order valence-corrected chi connectivity index (χ1v) is 5.51. The molecular formula is C13H9F2NO4. The lowest BCUT2D eigenvalue weighted by atomic mass is 10.2. The van der Waals surface area contributed by atoms with Crippen LogP contribution in [-0.4, -0.2) is 10.0 Å². The number of halogens is 2. The zero-order valence-electron chi connectivity index (χ0n) is 10.0. The normalized spacial score (nSPS) is 10.3. The fourth-order valence-corrected chi connectivity index (χ4v) is 1.61. The molecule has 0 bridgehead atoms. The number of aliphatic hydroxyl groups excluding tert-OH is 1. The number of hydrogen-bond donors (Lipinski definition) is 1. The van der Waals surface area contributed by atoms with E-state index in [1.807, 2.05) is 0 Å². The summed E-state index contributed by atoms with van der Waals surface area (Å²) in [6.07, 6.45) is 0. The third-order valence-electron chi connectivity index (χ3n) is 2.47. The van der Waals surface area contributed by atoms with Crippen LogP contribution in [0.15, 0.2) is 36.4 Å². The summed E-state index contributed by atoms with van der Waals surface area (Å²) >= 11 is 0. The maximum atomic E-state index is 13.4. The standard InChI is InChI=1S/C13H9F2NO4/c14-9-3-8(7-17)4-11(5-9)20-10-1-2-13(16(18)19)12(15)6-10/h1-6,17H,7H2. The lowest BCUT2D eigenvalue weighted by Gasteiger charge is -2.07. The minimum Gasteiger partial charge on any atom is -0.457 e. The monoisotopic (exact) mass is 281 g/mol. The molecule has 0 fully saturated rings. The first kappa shape index (κ1) is 13.9. The van der Waals surface area contributed by atoms with Crippen LogP contribution in [0.2, 0.25) is 0 Å². The van der Waals surface area contributed by atoms with E-state index in [0.29, 0.717) is 5.56 Å². The van der Waals surface area contributed by atoms with Crippen molar-refractivity contribution in [2.45, 2.75) is 6.61 Å². The second-order valence-electron chi connectivity index (χ2n) is 3.93. The average Bonchev–Trinajstić information content (AvgIpc) is 2.37.